The monoisotopic (exact) mass is 397 g/mol. The normalized spacial score (nSPS) is 17.9. The molecule has 2 amide bonds. The number of thiazole rings is 1. The summed E-state index contributed by atoms with van der Waals surface area (Å²) in [4.78, 5) is 33.8. The van der Waals surface area contributed by atoms with E-state index in [9.17, 15) is 9.59 Å². The standard InChI is InChI=1S/C22H27N3O2S/c1-16-5-4-6-18(13-16)21-23-19(15-28-21)14-20(26)24-11-7-17(8-12-24)22(27)25-9-2-3-10-25/h4-6,13,15,17H,2-3,7-12,14H2,1H3. The van der Waals surface area contributed by atoms with Gasteiger partial charge in [0.05, 0.1) is 12.1 Å². The van der Waals surface area contributed by atoms with Crippen molar-refractivity contribution in [2.45, 2.75) is 39.0 Å². The van der Waals surface area contributed by atoms with E-state index in [1.54, 1.807) is 11.3 Å². The van der Waals surface area contributed by atoms with Gasteiger partial charge in [-0.15, -0.1) is 11.3 Å². The Kier molecular flexibility index (Phi) is 5.76. The first-order valence-electron chi connectivity index (χ1n) is 10.2. The third kappa shape index (κ3) is 4.27. The minimum absolute atomic E-state index is 0.0920. The summed E-state index contributed by atoms with van der Waals surface area (Å²) in [6, 6.07) is 8.27. The molecule has 0 aliphatic carbocycles. The average molecular weight is 398 g/mol. The zero-order chi connectivity index (χ0) is 19.5. The minimum Gasteiger partial charge on any atom is -0.342 e. The molecule has 148 valence electrons. The van der Waals surface area contributed by atoms with Crippen molar-refractivity contribution in [3.8, 4) is 10.6 Å². The van der Waals surface area contributed by atoms with Crippen LogP contribution in [0.25, 0.3) is 10.6 Å². The number of aromatic nitrogens is 1. The van der Waals surface area contributed by atoms with Crippen molar-refractivity contribution in [3.63, 3.8) is 0 Å². The minimum atomic E-state index is 0.0920. The molecule has 0 spiro atoms. The Labute approximate surface area is 170 Å². The first-order chi connectivity index (χ1) is 13.6. The number of carbonyl (C=O) groups is 2. The van der Waals surface area contributed by atoms with E-state index in [-0.39, 0.29) is 11.8 Å². The lowest BCUT2D eigenvalue weighted by molar-refractivity contribution is -0.139. The first-order valence-corrected chi connectivity index (χ1v) is 11.1. The zero-order valence-corrected chi connectivity index (χ0v) is 17.2. The lowest BCUT2D eigenvalue weighted by Gasteiger charge is -2.33. The van der Waals surface area contributed by atoms with Gasteiger partial charge in [0.15, 0.2) is 0 Å². The van der Waals surface area contributed by atoms with Gasteiger partial charge in [0, 0.05) is 43.0 Å². The van der Waals surface area contributed by atoms with Crippen molar-refractivity contribution < 1.29 is 9.59 Å². The highest BCUT2D eigenvalue weighted by Gasteiger charge is 2.31. The highest BCUT2D eigenvalue weighted by Crippen LogP contribution is 2.26. The number of piperidine rings is 1. The molecule has 2 aliphatic rings. The fourth-order valence-electron chi connectivity index (χ4n) is 4.14. The fraction of sp³-hybridized carbons (Fsp3) is 0.500. The Balaban J connectivity index is 1.31. The van der Waals surface area contributed by atoms with E-state index >= 15 is 0 Å². The number of nitrogens with zero attached hydrogens (tertiary/aromatic N) is 3. The van der Waals surface area contributed by atoms with Gasteiger partial charge in [-0.2, -0.15) is 0 Å². The van der Waals surface area contributed by atoms with Gasteiger partial charge in [-0.05, 0) is 38.7 Å². The van der Waals surface area contributed by atoms with E-state index in [0.29, 0.717) is 25.4 Å². The predicted octanol–water partition coefficient (Wildman–Crippen LogP) is 3.52. The molecule has 0 unspecified atom stereocenters. The van der Waals surface area contributed by atoms with Crippen molar-refractivity contribution >= 4 is 23.2 Å². The molecule has 0 radical (unpaired) electrons. The van der Waals surface area contributed by atoms with Crippen molar-refractivity contribution in [3.05, 3.63) is 40.9 Å². The maximum Gasteiger partial charge on any atom is 0.228 e. The number of hydrogen-bond donors (Lipinski definition) is 0. The average Bonchev–Trinajstić information content (AvgIpc) is 3.40. The quantitative estimate of drug-likeness (QED) is 0.793. The summed E-state index contributed by atoms with van der Waals surface area (Å²) in [6.07, 6.45) is 4.16. The SMILES string of the molecule is Cc1cccc(-c2nc(CC(=O)N3CCC(C(=O)N4CCCC4)CC3)cs2)c1. The van der Waals surface area contributed by atoms with Gasteiger partial charge in [-0.1, -0.05) is 23.8 Å². The molecule has 4 rings (SSSR count). The molecular formula is C22H27N3O2S. The van der Waals surface area contributed by atoms with Crippen LogP contribution in [-0.2, 0) is 16.0 Å². The number of carbonyl (C=O) groups excluding carboxylic acids is 2. The number of benzene rings is 1. The lowest BCUT2D eigenvalue weighted by Crippen LogP contribution is -2.44. The second kappa shape index (κ2) is 8.43. The Morgan fingerprint density at radius 2 is 1.86 bits per heavy atom. The third-order valence-corrected chi connectivity index (χ3v) is 6.70. The number of rotatable bonds is 4. The molecule has 2 aliphatic heterocycles. The fourth-order valence-corrected chi connectivity index (χ4v) is 4.95. The zero-order valence-electron chi connectivity index (χ0n) is 16.4. The van der Waals surface area contributed by atoms with Gasteiger partial charge in [0.1, 0.15) is 5.01 Å². The van der Waals surface area contributed by atoms with Crippen molar-refractivity contribution in [1.82, 2.24) is 14.8 Å². The Bertz CT molecular complexity index is 849. The molecular weight excluding hydrogens is 370 g/mol. The van der Waals surface area contributed by atoms with E-state index in [2.05, 4.69) is 30.1 Å². The molecule has 1 aromatic heterocycles. The molecule has 1 aromatic carbocycles. The lowest BCUT2D eigenvalue weighted by atomic mass is 9.95. The van der Waals surface area contributed by atoms with Crippen molar-refractivity contribution in [2.24, 2.45) is 5.92 Å². The molecule has 0 bridgehead atoms. The molecule has 2 aromatic rings. The number of amides is 2. The summed E-state index contributed by atoms with van der Waals surface area (Å²) < 4.78 is 0. The van der Waals surface area contributed by atoms with Crippen LogP contribution in [-0.4, -0.2) is 52.8 Å². The Morgan fingerprint density at radius 1 is 1.11 bits per heavy atom. The summed E-state index contributed by atoms with van der Waals surface area (Å²) in [6.45, 7) is 5.24. The Hall–Kier alpha value is -2.21. The van der Waals surface area contributed by atoms with E-state index in [0.717, 1.165) is 55.0 Å². The van der Waals surface area contributed by atoms with Crippen LogP contribution in [0.4, 0.5) is 0 Å². The largest absolute Gasteiger partial charge is 0.342 e. The number of likely N-dealkylation sites (tertiary alicyclic amines) is 2. The van der Waals surface area contributed by atoms with Crippen LogP contribution in [0.1, 0.15) is 36.9 Å². The van der Waals surface area contributed by atoms with Gasteiger partial charge >= 0.3 is 0 Å². The van der Waals surface area contributed by atoms with Crippen LogP contribution in [0, 0.1) is 12.8 Å². The van der Waals surface area contributed by atoms with Gasteiger partial charge in [0.25, 0.3) is 0 Å². The predicted molar refractivity (Wildman–Crippen MR) is 111 cm³/mol. The smallest absolute Gasteiger partial charge is 0.228 e. The van der Waals surface area contributed by atoms with Gasteiger partial charge in [-0.25, -0.2) is 4.98 Å². The van der Waals surface area contributed by atoms with Gasteiger partial charge < -0.3 is 9.80 Å². The van der Waals surface area contributed by atoms with Crippen LogP contribution in [0.15, 0.2) is 29.6 Å². The van der Waals surface area contributed by atoms with Gasteiger partial charge in [-0.3, -0.25) is 9.59 Å². The maximum absolute atomic E-state index is 12.7. The molecule has 2 saturated heterocycles. The number of hydrogen-bond acceptors (Lipinski definition) is 4. The molecule has 5 nitrogen and oxygen atoms in total. The highest BCUT2D eigenvalue weighted by molar-refractivity contribution is 7.13. The van der Waals surface area contributed by atoms with Crippen molar-refractivity contribution in [2.75, 3.05) is 26.2 Å². The molecule has 3 heterocycles. The maximum atomic E-state index is 12.7. The molecule has 28 heavy (non-hydrogen) atoms. The van der Waals surface area contributed by atoms with Crippen molar-refractivity contribution in [1.29, 1.82) is 0 Å². The summed E-state index contributed by atoms with van der Waals surface area (Å²) in [5.74, 6) is 0.509. The molecule has 0 N–H and O–H groups in total. The third-order valence-electron chi connectivity index (χ3n) is 5.76. The highest BCUT2D eigenvalue weighted by atomic mass is 32.1. The molecule has 0 saturated carbocycles. The van der Waals surface area contributed by atoms with Crippen LogP contribution in [0.5, 0.6) is 0 Å². The van der Waals surface area contributed by atoms with Crippen LogP contribution >= 0.6 is 11.3 Å². The molecule has 0 atom stereocenters. The van der Waals surface area contributed by atoms with Crippen LogP contribution < -0.4 is 0 Å². The number of aryl methyl sites for hydroxylation is 1. The summed E-state index contributed by atoms with van der Waals surface area (Å²) in [5, 5.41) is 2.94. The van der Waals surface area contributed by atoms with E-state index in [1.807, 2.05) is 21.2 Å². The second-order valence-electron chi connectivity index (χ2n) is 7.88. The summed E-state index contributed by atoms with van der Waals surface area (Å²) in [5.41, 5.74) is 3.14. The van der Waals surface area contributed by atoms with E-state index in [4.69, 9.17) is 0 Å². The summed E-state index contributed by atoms with van der Waals surface area (Å²) >= 11 is 1.59. The molecule has 2 fully saturated rings. The van der Waals surface area contributed by atoms with Crippen LogP contribution in [0.3, 0.4) is 0 Å². The first kappa shape index (κ1) is 19.1. The summed E-state index contributed by atoms with van der Waals surface area (Å²) in [7, 11) is 0. The van der Waals surface area contributed by atoms with Crippen LogP contribution in [0.2, 0.25) is 0 Å². The molecule has 6 heteroatoms. The second-order valence-corrected chi connectivity index (χ2v) is 8.74. The Morgan fingerprint density at radius 3 is 2.57 bits per heavy atom. The topological polar surface area (TPSA) is 53.5 Å². The van der Waals surface area contributed by atoms with Gasteiger partial charge in [0.2, 0.25) is 11.8 Å². The van der Waals surface area contributed by atoms with E-state index in [1.165, 1.54) is 5.56 Å². The van der Waals surface area contributed by atoms with E-state index < -0.39 is 0 Å².